The zero-order valence-corrected chi connectivity index (χ0v) is 16.8. The number of thiophene rings is 1. The van der Waals surface area contributed by atoms with Crippen LogP contribution in [0.2, 0.25) is 0 Å². The Balaban J connectivity index is 1.48. The summed E-state index contributed by atoms with van der Waals surface area (Å²) in [5.74, 6) is -0.418. The largest absolute Gasteiger partial charge is 0.353 e. The average Bonchev–Trinajstić information content (AvgIpc) is 3.37. The lowest BCUT2D eigenvalue weighted by Gasteiger charge is -2.31. The van der Waals surface area contributed by atoms with Gasteiger partial charge >= 0.3 is 0 Å². The first kappa shape index (κ1) is 19.8. The number of thiocarbonyl (C=S) groups is 1. The van der Waals surface area contributed by atoms with Gasteiger partial charge < -0.3 is 15.5 Å². The van der Waals surface area contributed by atoms with Gasteiger partial charge in [0.25, 0.3) is 0 Å². The highest BCUT2D eigenvalue weighted by Gasteiger charge is 2.25. The molecule has 1 amide bonds. The SMILES string of the molecule is O=C(CNC(=S)N(Cc1cccs1)C1CCCC1)NCc1ccc(F)cc1. The summed E-state index contributed by atoms with van der Waals surface area (Å²) < 4.78 is 12.9. The number of halogens is 1. The van der Waals surface area contributed by atoms with Crippen molar-refractivity contribution in [3.8, 4) is 0 Å². The van der Waals surface area contributed by atoms with Gasteiger partial charge in [-0.2, -0.15) is 0 Å². The lowest BCUT2D eigenvalue weighted by Crippen LogP contribution is -2.47. The molecule has 1 aromatic heterocycles. The Kier molecular flexibility index (Phi) is 7.18. The van der Waals surface area contributed by atoms with Gasteiger partial charge in [-0.05, 0) is 54.2 Å². The molecule has 0 bridgehead atoms. The van der Waals surface area contributed by atoms with Crippen LogP contribution in [0.4, 0.5) is 4.39 Å². The number of hydrogen-bond donors (Lipinski definition) is 2. The van der Waals surface area contributed by atoms with Crippen LogP contribution in [-0.2, 0) is 17.9 Å². The Morgan fingerprint density at radius 3 is 2.59 bits per heavy atom. The van der Waals surface area contributed by atoms with Crippen molar-refractivity contribution in [3.05, 3.63) is 58.0 Å². The molecule has 0 aliphatic heterocycles. The number of carbonyl (C=O) groups excluding carboxylic acids is 1. The van der Waals surface area contributed by atoms with Gasteiger partial charge in [0.2, 0.25) is 5.91 Å². The van der Waals surface area contributed by atoms with Crippen LogP contribution in [-0.4, -0.2) is 28.5 Å². The third-order valence-corrected chi connectivity index (χ3v) is 5.98. The second-order valence-electron chi connectivity index (χ2n) is 6.71. The molecule has 7 heteroatoms. The van der Waals surface area contributed by atoms with Crippen molar-refractivity contribution in [2.45, 2.75) is 44.8 Å². The van der Waals surface area contributed by atoms with Gasteiger partial charge in [0, 0.05) is 17.5 Å². The van der Waals surface area contributed by atoms with Crippen LogP contribution in [0.1, 0.15) is 36.1 Å². The minimum absolute atomic E-state index is 0.133. The van der Waals surface area contributed by atoms with Gasteiger partial charge in [-0.1, -0.05) is 31.0 Å². The van der Waals surface area contributed by atoms with Gasteiger partial charge in [0.05, 0.1) is 13.1 Å². The van der Waals surface area contributed by atoms with Gasteiger partial charge in [-0.25, -0.2) is 4.39 Å². The standard InChI is InChI=1S/C20H24FN3OS2/c21-16-9-7-15(8-10-16)12-22-19(25)13-23-20(26)24(17-4-1-2-5-17)14-18-6-3-11-27-18/h3,6-11,17H,1-2,4-5,12-14H2,(H,22,25)(H,23,26). The van der Waals surface area contributed by atoms with Gasteiger partial charge in [-0.15, -0.1) is 11.3 Å². The minimum Gasteiger partial charge on any atom is -0.353 e. The zero-order valence-electron chi connectivity index (χ0n) is 15.1. The first-order valence-electron chi connectivity index (χ1n) is 9.20. The maximum Gasteiger partial charge on any atom is 0.239 e. The third kappa shape index (κ3) is 6.01. The molecule has 1 heterocycles. The Morgan fingerprint density at radius 2 is 1.93 bits per heavy atom. The molecule has 0 radical (unpaired) electrons. The molecule has 0 atom stereocenters. The fraction of sp³-hybridized carbons (Fsp3) is 0.400. The lowest BCUT2D eigenvalue weighted by molar-refractivity contribution is -0.120. The molecule has 1 aliphatic rings. The summed E-state index contributed by atoms with van der Waals surface area (Å²) in [7, 11) is 0. The summed E-state index contributed by atoms with van der Waals surface area (Å²) in [5.41, 5.74) is 0.859. The Bertz CT molecular complexity index is 743. The highest BCUT2D eigenvalue weighted by atomic mass is 32.1. The maximum absolute atomic E-state index is 12.9. The van der Waals surface area contributed by atoms with Gasteiger partial charge in [-0.3, -0.25) is 4.79 Å². The molecule has 144 valence electrons. The van der Waals surface area contributed by atoms with E-state index in [1.165, 1.54) is 29.9 Å². The summed E-state index contributed by atoms with van der Waals surface area (Å²) in [6, 6.07) is 10.7. The first-order chi connectivity index (χ1) is 13.1. The molecule has 1 aliphatic carbocycles. The van der Waals surface area contributed by atoms with Crippen LogP contribution in [0.25, 0.3) is 0 Å². The van der Waals surface area contributed by atoms with E-state index in [1.807, 2.05) is 6.07 Å². The number of benzene rings is 1. The van der Waals surface area contributed by atoms with Gasteiger partial charge in [0.15, 0.2) is 5.11 Å². The Hall–Kier alpha value is -1.99. The van der Waals surface area contributed by atoms with Crippen molar-refractivity contribution in [2.75, 3.05) is 6.54 Å². The van der Waals surface area contributed by atoms with Crippen LogP contribution >= 0.6 is 23.6 Å². The van der Waals surface area contributed by atoms with E-state index in [-0.39, 0.29) is 18.3 Å². The second-order valence-corrected chi connectivity index (χ2v) is 8.13. The van der Waals surface area contributed by atoms with E-state index in [2.05, 4.69) is 27.0 Å². The zero-order chi connectivity index (χ0) is 19.1. The number of carbonyl (C=O) groups is 1. The number of amides is 1. The predicted molar refractivity (Wildman–Crippen MR) is 111 cm³/mol. The normalized spacial score (nSPS) is 14.1. The summed E-state index contributed by atoms with van der Waals surface area (Å²) in [6.45, 7) is 1.29. The quantitative estimate of drug-likeness (QED) is 0.688. The lowest BCUT2D eigenvalue weighted by atomic mass is 10.2. The fourth-order valence-corrected chi connectivity index (χ4v) is 4.26. The van der Waals surface area contributed by atoms with E-state index in [9.17, 15) is 9.18 Å². The van der Waals surface area contributed by atoms with Crippen LogP contribution < -0.4 is 10.6 Å². The average molecular weight is 406 g/mol. The Labute approximate surface area is 168 Å². The third-order valence-electron chi connectivity index (χ3n) is 4.74. The van der Waals surface area contributed by atoms with Crippen molar-refractivity contribution in [1.29, 1.82) is 0 Å². The second kappa shape index (κ2) is 9.80. The van der Waals surface area contributed by atoms with Crippen molar-refractivity contribution >= 4 is 34.6 Å². The molecule has 0 unspecified atom stereocenters. The van der Waals surface area contributed by atoms with E-state index >= 15 is 0 Å². The van der Waals surface area contributed by atoms with Crippen LogP contribution in [0.5, 0.6) is 0 Å². The van der Waals surface area contributed by atoms with Crippen LogP contribution in [0.3, 0.4) is 0 Å². The highest BCUT2D eigenvalue weighted by Crippen LogP contribution is 2.26. The van der Waals surface area contributed by atoms with E-state index < -0.39 is 0 Å². The molecule has 27 heavy (non-hydrogen) atoms. The number of nitrogens with zero attached hydrogens (tertiary/aromatic N) is 1. The van der Waals surface area contributed by atoms with Crippen LogP contribution in [0, 0.1) is 5.82 Å². The highest BCUT2D eigenvalue weighted by molar-refractivity contribution is 7.80. The fourth-order valence-electron chi connectivity index (χ4n) is 3.28. The number of rotatable bonds is 7. The van der Waals surface area contributed by atoms with E-state index in [0.717, 1.165) is 24.9 Å². The minimum atomic E-state index is -0.283. The molecule has 3 rings (SSSR count). The molecular weight excluding hydrogens is 381 g/mol. The number of hydrogen-bond acceptors (Lipinski definition) is 3. The first-order valence-corrected chi connectivity index (χ1v) is 10.5. The summed E-state index contributed by atoms with van der Waals surface area (Å²) in [5, 5.41) is 8.64. The molecule has 0 saturated heterocycles. The molecular formula is C20H24FN3OS2. The van der Waals surface area contributed by atoms with E-state index in [4.69, 9.17) is 12.2 Å². The van der Waals surface area contributed by atoms with Crippen molar-refractivity contribution in [3.63, 3.8) is 0 Å². The number of nitrogens with one attached hydrogen (secondary N) is 2. The van der Waals surface area contributed by atoms with E-state index in [0.29, 0.717) is 17.7 Å². The molecule has 0 spiro atoms. The molecule has 2 aromatic rings. The summed E-state index contributed by atoms with van der Waals surface area (Å²) in [6.07, 6.45) is 4.74. The molecule has 1 aromatic carbocycles. The maximum atomic E-state index is 12.9. The molecule has 4 nitrogen and oxygen atoms in total. The topological polar surface area (TPSA) is 44.4 Å². The van der Waals surface area contributed by atoms with Crippen LogP contribution in [0.15, 0.2) is 41.8 Å². The molecule has 2 N–H and O–H groups in total. The van der Waals surface area contributed by atoms with Crippen molar-refractivity contribution in [2.24, 2.45) is 0 Å². The molecule has 1 fully saturated rings. The predicted octanol–water partition coefficient (Wildman–Crippen LogP) is 3.82. The molecule has 1 saturated carbocycles. The smallest absolute Gasteiger partial charge is 0.239 e. The van der Waals surface area contributed by atoms with Gasteiger partial charge in [0.1, 0.15) is 5.82 Å². The monoisotopic (exact) mass is 405 g/mol. The Morgan fingerprint density at radius 1 is 1.19 bits per heavy atom. The van der Waals surface area contributed by atoms with E-state index in [1.54, 1.807) is 23.5 Å². The summed E-state index contributed by atoms with van der Waals surface area (Å²) in [4.78, 5) is 15.6. The van der Waals surface area contributed by atoms with Crippen molar-refractivity contribution < 1.29 is 9.18 Å². The summed E-state index contributed by atoms with van der Waals surface area (Å²) >= 11 is 7.32. The van der Waals surface area contributed by atoms with Crippen molar-refractivity contribution in [1.82, 2.24) is 15.5 Å².